The summed E-state index contributed by atoms with van der Waals surface area (Å²) in [5.41, 5.74) is 1.08. The van der Waals surface area contributed by atoms with Crippen LogP contribution in [0.25, 0.3) is 0 Å². The van der Waals surface area contributed by atoms with Crippen LogP contribution >= 0.6 is 0 Å². The molecule has 2 rings (SSSR count). The van der Waals surface area contributed by atoms with Gasteiger partial charge in [0.05, 0.1) is 5.69 Å². The second-order valence-corrected chi connectivity index (χ2v) is 4.38. The highest BCUT2D eigenvalue weighted by atomic mass is 16.5. The fourth-order valence-corrected chi connectivity index (χ4v) is 1.82. The number of nitrogens with zero attached hydrogens (tertiary/aromatic N) is 1. The van der Waals surface area contributed by atoms with E-state index in [4.69, 9.17) is 4.74 Å². The molecule has 0 saturated carbocycles. The highest BCUT2D eigenvalue weighted by Crippen LogP contribution is 2.28. The van der Waals surface area contributed by atoms with Crippen molar-refractivity contribution in [3.8, 4) is 5.75 Å². The van der Waals surface area contributed by atoms with Crippen LogP contribution in [0, 0.1) is 0 Å². The summed E-state index contributed by atoms with van der Waals surface area (Å²) in [6.45, 7) is 1.37. The lowest BCUT2D eigenvalue weighted by molar-refractivity contribution is -0.118. The number of anilines is 1. The fourth-order valence-electron chi connectivity index (χ4n) is 1.82. The molecule has 0 spiro atoms. The monoisotopic (exact) mass is 263 g/mol. The molecule has 2 amide bonds. The third-order valence-corrected chi connectivity index (χ3v) is 2.90. The number of carbonyl (C=O) groups excluding carboxylic acids is 2. The van der Waals surface area contributed by atoms with Crippen molar-refractivity contribution in [2.75, 3.05) is 39.1 Å². The van der Waals surface area contributed by atoms with Crippen molar-refractivity contribution in [3.05, 3.63) is 23.8 Å². The molecular weight excluding hydrogens is 246 g/mol. The molecule has 2 N–H and O–H groups in total. The summed E-state index contributed by atoms with van der Waals surface area (Å²) in [5, 5.41) is 5.68. The van der Waals surface area contributed by atoms with Gasteiger partial charge in [-0.2, -0.15) is 0 Å². The van der Waals surface area contributed by atoms with Crippen molar-refractivity contribution in [2.24, 2.45) is 0 Å². The third-order valence-electron chi connectivity index (χ3n) is 2.90. The molecule has 1 aromatic carbocycles. The van der Waals surface area contributed by atoms with Crippen LogP contribution in [-0.2, 0) is 4.79 Å². The summed E-state index contributed by atoms with van der Waals surface area (Å²) >= 11 is 0. The molecule has 1 aliphatic rings. The van der Waals surface area contributed by atoms with Gasteiger partial charge < -0.3 is 20.3 Å². The van der Waals surface area contributed by atoms with Crippen LogP contribution < -0.4 is 15.4 Å². The number of nitrogens with one attached hydrogen (secondary N) is 2. The number of fused-ring (bicyclic) bond motifs is 1. The predicted octanol–water partition coefficient (Wildman–Crippen LogP) is 0.309. The lowest BCUT2D eigenvalue weighted by Crippen LogP contribution is -2.33. The lowest BCUT2D eigenvalue weighted by atomic mass is 10.1. The third kappa shape index (κ3) is 3.03. The zero-order valence-corrected chi connectivity index (χ0v) is 11.0. The van der Waals surface area contributed by atoms with Gasteiger partial charge in [-0.15, -0.1) is 0 Å². The Morgan fingerprint density at radius 3 is 3.05 bits per heavy atom. The summed E-state index contributed by atoms with van der Waals surface area (Å²) in [5.74, 6) is 0.299. The van der Waals surface area contributed by atoms with E-state index in [1.54, 1.807) is 30.1 Å². The molecule has 6 nitrogen and oxygen atoms in total. The van der Waals surface area contributed by atoms with Crippen LogP contribution in [0.15, 0.2) is 18.2 Å². The number of hydrogen-bond acceptors (Lipinski definition) is 4. The Morgan fingerprint density at radius 2 is 2.32 bits per heavy atom. The first-order valence-corrected chi connectivity index (χ1v) is 6.08. The molecule has 0 aliphatic carbocycles. The SMILES string of the molecule is CNCCN(C)C(=O)c1ccc2c(c1)NC(=O)CO2. The standard InChI is InChI=1S/C13H17N3O3/c1-14-5-6-16(2)13(18)9-3-4-11-10(7-9)15-12(17)8-19-11/h3-4,7,14H,5-6,8H2,1-2H3,(H,15,17). The number of benzene rings is 1. The zero-order chi connectivity index (χ0) is 13.8. The summed E-state index contributed by atoms with van der Waals surface area (Å²) in [4.78, 5) is 25.0. The van der Waals surface area contributed by atoms with E-state index in [2.05, 4.69) is 10.6 Å². The number of rotatable bonds is 4. The Labute approximate surface area is 111 Å². The average Bonchev–Trinajstić information content (AvgIpc) is 2.43. The first-order chi connectivity index (χ1) is 9.11. The molecule has 0 atom stereocenters. The Hall–Kier alpha value is -2.08. The predicted molar refractivity (Wildman–Crippen MR) is 71.5 cm³/mol. The molecule has 1 aromatic rings. The lowest BCUT2D eigenvalue weighted by Gasteiger charge is -2.20. The second-order valence-electron chi connectivity index (χ2n) is 4.38. The number of hydrogen-bond donors (Lipinski definition) is 2. The van der Waals surface area contributed by atoms with E-state index in [1.165, 1.54) is 0 Å². The van der Waals surface area contributed by atoms with E-state index in [0.717, 1.165) is 6.54 Å². The molecule has 0 saturated heterocycles. The maximum atomic E-state index is 12.2. The second kappa shape index (κ2) is 5.71. The summed E-state index contributed by atoms with van der Waals surface area (Å²) in [6.07, 6.45) is 0. The quantitative estimate of drug-likeness (QED) is 0.820. The number of amides is 2. The van der Waals surface area contributed by atoms with Gasteiger partial charge in [0.2, 0.25) is 0 Å². The first kappa shape index (κ1) is 13.4. The Balaban J connectivity index is 2.15. The molecule has 1 aliphatic heterocycles. The van der Waals surface area contributed by atoms with Crippen molar-refractivity contribution >= 4 is 17.5 Å². The van der Waals surface area contributed by atoms with E-state index >= 15 is 0 Å². The van der Waals surface area contributed by atoms with E-state index < -0.39 is 0 Å². The number of carbonyl (C=O) groups is 2. The molecule has 0 bridgehead atoms. The molecule has 0 fully saturated rings. The Kier molecular flexibility index (Phi) is 4.01. The maximum absolute atomic E-state index is 12.2. The minimum atomic E-state index is -0.208. The van der Waals surface area contributed by atoms with Gasteiger partial charge >= 0.3 is 0 Å². The minimum absolute atomic E-state index is 0.0162. The molecule has 1 heterocycles. The number of ether oxygens (including phenoxy) is 1. The fraction of sp³-hybridized carbons (Fsp3) is 0.385. The van der Waals surface area contributed by atoms with Crippen LogP contribution in [-0.4, -0.2) is 50.5 Å². The van der Waals surface area contributed by atoms with Gasteiger partial charge in [-0.25, -0.2) is 0 Å². The van der Waals surface area contributed by atoms with E-state index in [9.17, 15) is 9.59 Å². The van der Waals surface area contributed by atoms with Crippen LogP contribution in [0.4, 0.5) is 5.69 Å². The highest BCUT2D eigenvalue weighted by Gasteiger charge is 2.19. The normalized spacial score (nSPS) is 13.3. The molecule has 19 heavy (non-hydrogen) atoms. The van der Waals surface area contributed by atoms with Gasteiger partial charge in [0.1, 0.15) is 5.75 Å². The van der Waals surface area contributed by atoms with Gasteiger partial charge in [0.15, 0.2) is 6.61 Å². The van der Waals surface area contributed by atoms with Crippen molar-refractivity contribution < 1.29 is 14.3 Å². The van der Waals surface area contributed by atoms with Gasteiger partial charge in [-0.1, -0.05) is 0 Å². The van der Waals surface area contributed by atoms with E-state index in [0.29, 0.717) is 23.5 Å². The smallest absolute Gasteiger partial charge is 0.262 e. The van der Waals surface area contributed by atoms with Crippen LogP contribution in [0.1, 0.15) is 10.4 Å². The maximum Gasteiger partial charge on any atom is 0.262 e. The van der Waals surface area contributed by atoms with Crippen molar-refractivity contribution in [1.82, 2.24) is 10.2 Å². The summed E-state index contributed by atoms with van der Waals surface area (Å²) in [7, 11) is 3.58. The zero-order valence-electron chi connectivity index (χ0n) is 11.0. The molecular formula is C13H17N3O3. The van der Waals surface area contributed by atoms with Crippen molar-refractivity contribution in [1.29, 1.82) is 0 Å². The minimum Gasteiger partial charge on any atom is -0.482 e. The molecule has 0 aromatic heterocycles. The first-order valence-electron chi connectivity index (χ1n) is 6.08. The van der Waals surface area contributed by atoms with Gasteiger partial charge in [0, 0.05) is 25.7 Å². The summed E-state index contributed by atoms with van der Waals surface area (Å²) in [6, 6.07) is 5.05. The van der Waals surface area contributed by atoms with Gasteiger partial charge in [-0.3, -0.25) is 9.59 Å². The molecule has 102 valence electrons. The van der Waals surface area contributed by atoms with Gasteiger partial charge in [-0.05, 0) is 25.2 Å². The Morgan fingerprint density at radius 1 is 1.53 bits per heavy atom. The molecule has 6 heteroatoms. The van der Waals surface area contributed by atoms with Crippen LogP contribution in [0.5, 0.6) is 5.75 Å². The van der Waals surface area contributed by atoms with Crippen LogP contribution in [0.2, 0.25) is 0 Å². The number of likely N-dealkylation sites (N-methyl/N-ethyl adjacent to an activating group) is 2. The largest absolute Gasteiger partial charge is 0.482 e. The van der Waals surface area contributed by atoms with Crippen LogP contribution in [0.3, 0.4) is 0 Å². The van der Waals surface area contributed by atoms with E-state index in [1.807, 2.05) is 7.05 Å². The topological polar surface area (TPSA) is 70.7 Å². The molecule has 0 unspecified atom stereocenters. The Bertz CT molecular complexity index is 502. The molecule has 0 radical (unpaired) electrons. The summed E-state index contributed by atoms with van der Waals surface area (Å²) < 4.78 is 5.25. The highest BCUT2D eigenvalue weighted by molar-refractivity contribution is 5.99. The van der Waals surface area contributed by atoms with Gasteiger partial charge in [0.25, 0.3) is 11.8 Å². The van der Waals surface area contributed by atoms with Crippen molar-refractivity contribution in [2.45, 2.75) is 0 Å². The van der Waals surface area contributed by atoms with E-state index in [-0.39, 0.29) is 18.4 Å². The average molecular weight is 263 g/mol. The van der Waals surface area contributed by atoms with Crippen molar-refractivity contribution in [3.63, 3.8) is 0 Å².